The molecule has 0 saturated carbocycles. The van der Waals surface area contributed by atoms with Gasteiger partial charge in [0.2, 0.25) is 5.91 Å². The van der Waals surface area contributed by atoms with Crippen molar-refractivity contribution in [1.29, 1.82) is 0 Å². The molecule has 1 aromatic heterocycles. The molecule has 20 heavy (non-hydrogen) atoms. The van der Waals surface area contributed by atoms with E-state index in [0.29, 0.717) is 13.0 Å². The third kappa shape index (κ3) is 2.86. The van der Waals surface area contributed by atoms with Crippen molar-refractivity contribution in [2.45, 2.75) is 25.3 Å². The van der Waals surface area contributed by atoms with Crippen LogP contribution < -0.4 is 0 Å². The Labute approximate surface area is 127 Å². The van der Waals surface area contributed by atoms with Crippen molar-refractivity contribution in [2.24, 2.45) is 0 Å². The molecule has 2 amide bonds. The number of nitrogens with zero attached hydrogens (tertiary/aromatic N) is 2. The predicted molar refractivity (Wildman–Crippen MR) is 82.1 cm³/mol. The van der Waals surface area contributed by atoms with Crippen molar-refractivity contribution in [3.63, 3.8) is 0 Å². The van der Waals surface area contributed by atoms with Crippen LogP contribution in [0.15, 0.2) is 16.8 Å². The van der Waals surface area contributed by atoms with Crippen molar-refractivity contribution in [2.75, 3.05) is 25.4 Å². The molecular weight excluding hydrogens is 292 g/mol. The van der Waals surface area contributed by atoms with Crippen LogP contribution in [0, 0.1) is 0 Å². The molecule has 2 aliphatic rings. The average Bonchev–Trinajstić information content (AvgIpc) is 3.17. The lowest BCUT2D eigenvalue weighted by Crippen LogP contribution is -2.34. The lowest BCUT2D eigenvalue weighted by atomic mass is 10.1. The minimum atomic E-state index is 0.119. The Morgan fingerprint density at radius 1 is 1.40 bits per heavy atom. The van der Waals surface area contributed by atoms with Gasteiger partial charge < -0.3 is 9.80 Å². The molecule has 1 atom stereocenters. The lowest BCUT2D eigenvalue weighted by molar-refractivity contribution is -0.132. The van der Waals surface area contributed by atoms with Crippen LogP contribution in [-0.2, 0) is 4.79 Å². The maximum atomic E-state index is 12.4. The van der Waals surface area contributed by atoms with Gasteiger partial charge in [-0.05, 0) is 35.2 Å². The summed E-state index contributed by atoms with van der Waals surface area (Å²) >= 11 is 3.03. The molecule has 6 heteroatoms. The summed E-state index contributed by atoms with van der Waals surface area (Å²) in [5.41, 5.74) is 1.26. The second-order valence-electron chi connectivity index (χ2n) is 5.15. The van der Waals surface area contributed by atoms with Gasteiger partial charge in [-0.15, -0.1) is 0 Å². The highest BCUT2D eigenvalue weighted by Crippen LogP contribution is 2.33. The van der Waals surface area contributed by atoms with Crippen molar-refractivity contribution in [3.05, 3.63) is 22.4 Å². The molecule has 3 heterocycles. The van der Waals surface area contributed by atoms with Gasteiger partial charge in [0.05, 0.1) is 6.04 Å². The van der Waals surface area contributed by atoms with E-state index in [9.17, 15) is 9.59 Å². The SMILES string of the molecule is O=C1SCCN1CCC(=O)N1CCCC1c1ccsc1. The van der Waals surface area contributed by atoms with Crippen LogP contribution in [0.2, 0.25) is 0 Å². The fourth-order valence-electron chi connectivity index (χ4n) is 2.88. The zero-order chi connectivity index (χ0) is 13.9. The summed E-state index contributed by atoms with van der Waals surface area (Å²) in [6, 6.07) is 2.36. The van der Waals surface area contributed by atoms with E-state index in [1.807, 2.05) is 4.90 Å². The average molecular weight is 310 g/mol. The smallest absolute Gasteiger partial charge is 0.281 e. The Balaban J connectivity index is 1.57. The fraction of sp³-hybridized carbons (Fsp3) is 0.571. The molecule has 0 bridgehead atoms. The Hall–Kier alpha value is -1.01. The third-order valence-corrected chi connectivity index (χ3v) is 5.53. The number of carbonyl (C=O) groups excluding carboxylic acids is 2. The molecule has 0 aromatic carbocycles. The first kappa shape index (κ1) is 13.9. The summed E-state index contributed by atoms with van der Waals surface area (Å²) in [5, 5.41) is 4.32. The van der Waals surface area contributed by atoms with Crippen LogP contribution in [0.3, 0.4) is 0 Å². The fourth-order valence-corrected chi connectivity index (χ4v) is 4.44. The quantitative estimate of drug-likeness (QED) is 0.858. The van der Waals surface area contributed by atoms with E-state index in [2.05, 4.69) is 16.8 Å². The standard InChI is InChI=1S/C14H18N2O2S2/c17-13(3-6-15-7-9-20-14(15)18)16-5-1-2-12(16)11-4-8-19-10-11/h4,8,10,12H,1-3,5-7,9H2. The largest absolute Gasteiger partial charge is 0.336 e. The normalized spacial score (nSPS) is 22.8. The zero-order valence-electron chi connectivity index (χ0n) is 11.3. The minimum absolute atomic E-state index is 0.119. The maximum Gasteiger partial charge on any atom is 0.281 e. The highest BCUT2D eigenvalue weighted by atomic mass is 32.2. The summed E-state index contributed by atoms with van der Waals surface area (Å²) in [6.07, 6.45) is 2.58. The molecule has 1 unspecified atom stereocenters. The van der Waals surface area contributed by atoms with Gasteiger partial charge in [-0.2, -0.15) is 11.3 Å². The van der Waals surface area contributed by atoms with Crippen LogP contribution in [0.4, 0.5) is 4.79 Å². The number of hydrogen-bond donors (Lipinski definition) is 0. The van der Waals surface area contributed by atoms with E-state index < -0.39 is 0 Å². The molecule has 0 spiro atoms. The van der Waals surface area contributed by atoms with Crippen LogP contribution in [-0.4, -0.2) is 46.3 Å². The Morgan fingerprint density at radius 2 is 2.30 bits per heavy atom. The van der Waals surface area contributed by atoms with E-state index >= 15 is 0 Å². The third-order valence-electron chi connectivity index (χ3n) is 3.94. The Kier molecular flexibility index (Phi) is 4.31. The monoisotopic (exact) mass is 310 g/mol. The second-order valence-corrected chi connectivity index (χ2v) is 6.98. The van der Waals surface area contributed by atoms with Gasteiger partial charge in [0, 0.05) is 31.8 Å². The number of thioether (sulfide) groups is 1. The van der Waals surface area contributed by atoms with E-state index in [4.69, 9.17) is 0 Å². The molecule has 2 fully saturated rings. The van der Waals surface area contributed by atoms with Crippen molar-refractivity contribution in [1.82, 2.24) is 9.80 Å². The lowest BCUT2D eigenvalue weighted by Gasteiger charge is -2.25. The molecule has 0 N–H and O–H groups in total. The second kappa shape index (κ2) is 6.18. The molecule has 2 saturated heterocycles. The van der Waals surface area contributed by atoms with Gasteiger partial charge in [-0.3, -0.25) is 9.59 Å². The van der Waals surface area contributed by atoms with Gasteiger partial charge in [0.15, 0.2) is 0 Å². The summed E-state index contributed by atoms with van der Waals surface area (Å²) in [5.74, 6) is 1.04. The first-order valence-corrected chi connectivity index (χ1v) is 8.92. The number of amides is 2. The molecule has 0 aliphatic carbocycles. The van der Waals surface area contributed by atoms with Gasteiger partial charge >= 0.3 is 0 Å². The van der Waals surface area contributed by atoms with Crippen LogP contribution in [0.25, 0.3) is 0 Å². The maximum absolute atomic E-state index is 12.4. The van der Waals surface area contributed by atoms with Gasteiger partial charge in [0.25, 0.3) is 5.24 Å². The number of carbonyl (C=O) groups is 2. The molecule has 2 aliphatic heterocycles. The molecule has 3 rings (SSSR count). The molecule has 108 valence electrons. The molecular formula is C14H18N2O2S2. The summed E-state index contributed by atoms with van der Waals surface area (Å²) in [6.45, 7) is 2.20. The molecule has 4 nitrogen and oxygen atoms in total. The first-order valence-electron chi connectivity index (χ1n) is 6.99. The highest BCUT2D eigenvalue weighted by Gasteiger charge is 2.30. The number of hydrogen-bond acceptors (Lipinski definition) is 4. The molecule has 0 radical (unpaired) electrons. The topological polar surface area (TPSA) is 40.6 Å². The molecule has 1 aromatic rings. The van der Waals surface area contributed by atoms with Gasteiger partial charge in [-0.1, -0.05) is 11.8 Å². The number of rotatable bonds is 4. The minimum Gasteiger partial charge on any atom is -0.336 e. The first-order chi connectivity index (χ1) is 9.75. The zero-order valence-corrected chi connectivity index (χ0v) is 12.9. The van der Waals surface area contributed by atoms with Crippen molar-refractivity contribution >= 4 is 34.2 Å². The van der Waals surface area contributed by atoms with E-state index in [1.54, 1.807) is 16.2 Å². The number of likely N-dealkylation sites (tertiary alicyclic amines) is 1. The summed E-state index contributed by atoms with van der Waals surface area (Å²) in [4.78, 5) is 27.7. The van der Waals surface area contributed by atoms with Gasteiger partial charge in [0.1, 0.15) is 0 Å². The van der Waals surface area contributed by atoms with E-state index in [-0.39, 0.29) is 17.2 Å². The van der Waals surface area contributed by atoms with Crippen molar-refractivity contribution < 1.29 is 9.59 Å². The predicted octanol–water partition coefficient (Wildman–Crippen LogP) is 2.97. The summed E-state index contributed by atoms with van der Waals surface area (Å²) < 4.78 is 0. The van der Waals surface area contributed by atoms with Crippen LogP contribution in [0.5, 0.6) is 0 Å². The van der Waals surface area contributed by atoms with Gasteiger partial charge in [-0.25, -0.2) is 0 Å². The van der Waals surface area contributed by atoms with Crippen LogP contribution >= 0.6 is 23.1 Å². The van der Waals surface area contributed by atoms with E-state index in [0.717, 1.165) is 31.7 Å². The Morgan fingerprint density at radius 3 is 3.00 bits per heavy atom. The number of thiophene rings is 1. The Bertz CT molecular complexity index is 489. The van der Waals surface area contributed by atoms with Crippen LogP contribution in [0.1, 0.15) is 30.9 Å². The van der Waals surface area contributed by atoms with Crippen molar-refractivity contribution in [3.8, 4) is 0 Å². The summed E-state index contributed by atoms with van der Waals surface area (Å²) in [7, 11) is 0. The van der Waals surface area contributed by atoms with E-state index in [1.165, 1.54) is 17.3 Å². The highest BCUT2D eigenvalue weighted by molar-refractivity contribution is 8.13.